The summed E-state index contributed by atoms with van der Waals surface area (Å²) < 4.78 is 0. The highest BCUT2D eigenvalue weighted by molar-refractivity contribution is 7.15. The lowest BCUT2D eigenvalue weighted by Gasteiger charge is -2.35. The van der Waals surface area contributed by atoms with E-state index in [1.54, 1.807) is 11.3 Å². The summed E-state index contributed by atoms with van der Waals surface area (Å²) in [5.41, 5.74) is 1.32. The summed E-state index contributed by atoms with van der Waals surface area (Å²) in [6.07, 6.45) is 0. The van der Waals surface area contributed by atoms with Crippen LogP contribution in [0.5, 0.6) is 0 Å². The van der Waals surface area contributed by atoms with Crippen LogP contribution < -0.4 is 10.2 Å². The molecule has 0 spiro atoms. The Morgan fingerprint density at radius 2 is 1.85 bits per heavy atom. The molecule has 0 saturated carbocycles. The molecule has 1 fully saturated rings. The van der Waals surface area contributed by atoms with Crippen LogP contribution in [0, 0.1) is 0 Å². The molecule has 2 heterocycles. The maximum atomic E-state index is 4.21. The van der Waals surface area contributed by atoms with Gasteiger partial charge in [-0.25, -0.2) is 0 Å². The maximum absolute atomic E-state index is 4.21. The lowest BCUT2D eigenvalue weighted by molar-refractivity contribution is 0.249. The summed E-state index contributed by atoms with van der Waals surface area (Å²) in [7, 11) is 1.88. The molecule has 1 aromatic heterocycles. The van der Waals surface area contributed by atoms with E-state index in [1.807, 2.05) is 7.05 Å². The Bertz CT molecular complexity index is 534. The summed E-state index contributed by atoms with van der Waals surface area (Å²) in [5.74, 6) is 0. The first kappa shape index (κ1) is 13.3. The second-order valence-electron chi connectivity index (χ2n) is 4.85. The van der Waals surface area contributed by atoms with Gasteiger partial charge in [0.25, 0.3) is 0 Å². The van der Waals surface area contributed by atoms with E-state index in [-0.39, 0.29) is 0 Å². The van der Waals surface area contributed by atoms with Gasteiger partial charge in [-0.05, 0) is 12.1 Å². The van der Waals surface area contributed by atoms with Crippen molar-refractivity contribution in [3.8, 4) is 0 Å². The molecule has 0 atom stereocenters. The first-order chi connectivity index (χ1) is 9.85. The van der Waals surface area contributed by atoms with E-state index in [9.17, 15) is 0 Å². The van der Waals surface area contributed by atoms with Gasteiger partial charge in [-0.3, -0.25) is 4.90 Å². The Hall–Kier alpha value is -1.66. The van der Waals surface area contributed by atoms with Crippen molar-refractivity contribution in [1.29, 1.82) is 0 Å². The number of piperazine rings is 1. The predicted octanol–water partition coefficient (Wildman–Crippen LogP) is 1.90. The zero-order valence-corrected chi connectivity index (χ0v) is 12.4. The highest BCUT2D eigenvalue weighted by Gasteiger charge is 2.18. The molecule has 3 rings (SSSR count). The van der Waals surface area contributed by atoms with Crippen molar-refractivity contribution in [1.82, 2.24) is 15.1 Å². The number of benzene rings is 1. The van der Waals surface area contributed by atoms with E-state index in [1.165, 1.54) is 5.69 Å². The maximum Gasteiger partial charge on any atom is 0.205 e. The topological polar surface area (TPSA) is 44.3 Å². The second-order valence-corrected chi connectivity index (χ2v) is 5.91. The van der Waals surface area contributed by atoms with Crippen LogP contribution in [0.4, 0.5) is 10.8 Å². The number of nitrogens with one attached hydrogen (secondary N) is 1. The summed E-state index contributed by atoms with van der Waals surface area (Å²) in [6, 6.07) is 10.6. The number of anilines is 2. The molecule has 106 valence electrons. The third kappa shape index (κ3) is 3.08. The molecule has 1 N–H and O–H groups in total. The fraction of sp³-hybridized carbons (Fsp3) is 0.429. The van der Waals surface area contributed by atoms with Crippen molar-refractivity contribution in [2.24, 2.45) is 0 Å². The van der Waals surface area contributed by atoms with E-state index in [4.69, 9.17) is 0 Å². The van der Waals surface area contributed by atoms with E-state index < -0.39 is 0 Å². The van der Waals surface area contributed by atoms with Crippen molar-refractivity contribution in [2.75, 3.05) is 43.4 Å². The molecular weight excluding hydrogens is 270 g/mol. The van der Waals surface area contributed by atoms with Gasteiger partial charge in [0.05, 0.1) is 6.54 Å². The van der Waals surface area contributed by atoms with Gasteiger partial charge in [-0.15, -0.1) is 10.2 Å². The van der Waals surface area contributed by atoms with Gasteiger partial charge in [0.2, 0.25) is 5.13 Å². The van der Waals surface area contributed by atoms with Crippen LogP contribution >= 0.6 is 11.3 Å². The standard InChI is InChI=1S/C14H19N5S/c1-15-14-17-16-13(20-14)11-18-7-9-19(10-8-18)12-5-3-2-4-6-12/h2-6H,7-11H2,1H3,(H,15,17). The van der Waals surface area contributed by atoms with E-state index in [0.29, 0.717) is 0 Å². The SMILES string of the molecule is CNc1nnc(CN2CCN(c3ccccc3)CC2)s1. The Morgan fingerprint density at radius 1 is 1.10 bits per heavy atom. The third-order valence-electron chi connectivity index (χ3n) is 3.53. The summed E-state index contributed by atoms with van der Waals surface area (Å²) in [6.45, 7) is 5.19. The molecule has 2 aromatic rings. The first-order valence-corrected chi connectivity index (χ1v) is 7.69. The molecule has 1 aliphatic rings. The number of para-hydroxylation sites is 1. The molecule has 20 heavy (non-hydrogen) atoms. The number of hydrogen-bond acceptors (Lipinski definition) is 6. The number of aromatic nitrogens is 2. The Labute approximate surface area is 123 Å². The highest BCUT2D eigenvalue weighted by Crippen LogP contribution is 2.19. The Balaban J connectivity index is 1.53. The molecule has 5 nitrogen and oxygen atoms in total. The van der Waals surface area contributed by atoms with Gasteiger partial charge in [0.15, 0.2) is 0 Å². The van der Waals surface area contributed by atoms with Crippen LogP contribution in [0.2, 0.25) is 0 Å². The van der Waals surface area contributed by atoms with Crippen molar-refractivity contribution in [2.45, 2.75) is 6.54 Å². The molecule has 0 amide bonds. The second kappa shape index (κ2) is 6.19. The van der Waals surface area contributed by atoms with Crippen molar-refractivity contribution >= 4 is 22.2 Å². The largest absolute Gasteiger partial charge is 0.369 e. The van der Waals surface area contributed by atoms with Crippen molar-refractivity contribution in [3.05, 3.63) is 35.3 Å². The normalized spacial score (nSPS) is 16.4. The van der Waals surface area contributed by atoms with Gasteiger partial charge in [0.1, 0.15) is 5.01 Å². The first-order valence-electron chi connectivity index (χ1n) is 6.87. The summed E-state index contributed by atoms with van der Waals surface area (Å²) in [4.78, 5) is 4.88. The molecule has 1 aliphatic heterocycles. The number of hydrogen-bond donors (Lipinski definition) is 1. The van der Waals surface area contributed by atoms with E-state index >= 15 is 0 Å². The number of nitrogens with zero attached hydrogens (tertiary/aromatic N) is 4. The quantitative estimate of drug-likeness (QED) is 0.931. The molecule has 1 aromatic carbocycles. The number of rotatable bonds is 4. The zero-order valence-electron chi connectivity index (χ0n) is 11.6. The lowest BCUT2D eigenvalue weighted by atomic mass is 10.2. The van der Waals surface area contributed by atoms with Gasteiger partial charge < -0.3 is 10.2 Å². The minimum absolute atomic E-state index is 0.892. The smallest absolute Gasteiger partial charge is 0.205 e. The average molecular weight is 289 g/mol. The monoisotopic (exact) mass is 289 g/mol. The molecule has 0 aliphatic carbocycles. The van der Waals surface area contributed by atoms with Crippen molar-refractivity contribution in [3.63, 3.8) is 0 Å². The zero-order chi connectivity index (χ0) is 13.8. The minimum Gasteiger partial charge on any atom is -0.369 e. The van der Waals surface area contributed by atoms with Crippen molar-refractivity contribution < 1.29 is 0 Å². The van der Waals surface area contributed by atoms with Gasteiger partial charge in [0, 0.05) is 38.9 Å². The summed E-state index contributed by atoms with van der Waals surface area (Å²) >= 11 is 1.64. The van der Waals surface area contributed by atoms with Gasteiger partial charge in [-0.1, -0.05) is 29.5 Å². The third-order valence-corrected chi connectivity index (χ3v) is 4.46. The molecule has 1 saturated heterocycles. The van der Waals surface area contributed by atoms with E-state index in [2.05, 4.69) is 55.6 Å². The van der Waals surface area contributed by atoms with Crippen LogP contribution in [-0.2, 0) is 6.54 Å². The van der Waals surface area contributed by atoms with E-state index in [0.717, 1.165) is 42.9 Å². The van der Waals surface area contributed by atoms with Crippen LogP contribution in [0.15, 0.2) is 30.3 Å². The lowest BCUT2D eigenvalue weighted by Crippen LogP contribution is -2.45. The highest BCUT2D eigenvalue weighted by atomic mass is 32.1. The minimum atomic E-state index is 0.892. The van der Waals surface area contributed by atoms with Gasteiger partial charge >= 0.3 is 0 Å². The molecule has 0 radical (unpaired) electrons. The Kier molecular flexibility index (Phi) is 4.13. The average Bonchev–Trinajstić information content (AvgIpc) is 2.97. The fourth-order valence-electron chi connectivity index (χ4n) is 2.41. The molecule has 0 bridgehead atoms. The van der Waals surface area contributed by atoms with Gasteiger partial charge in [-0.2, -0.15) is 0 Å². The molecular formula is C14H19N5S. The Morgan fingerprint density at radius 3 is 2.50 bits per heavy atom. The molecule has 6 heteroatoms. The molecule has 0 unspecified atom stereocenters. The fourth-order valence-corrected chi connectivity index (χ4v) is 3.15. The van der Waals surface area contributed by atoms with Crippen LogP contribution in [0.1, 0.15) is 5.01 Å². The van der Waals surface area contributed by atoms with Crippen LogP contribution in [-0.4, -0.2) is 48.3 Å². The summed E-state index contributed by atoms with van der Waals surface area (Å²) in [5, 5.41) is 13.3. The predicted molar refractivity (Wildman–Crippen MR) is 83.4 cm³/mol. The van der Waals surface area contributed by atoms with Crippen LogP contribution in [0.25, 0.3) is 0 Å². The van der Waals surface area contributed by atoms with Crippen LogP contribution in [0.3, 0.4) is 0 Å².